The van der Waals surface area contributed by atoms with E-state index in [2.05, 4.69) is 5.10 Å². The van der Waals surface area contributed by atoms with Crippen LogP contribution >= 0.6 is 0 Å². The van der Waals surface area contributed by atoms with Gasteiger partial charge in [0, 0.05) is 25.1 Å². The molecule has 1 aliphatic rings. The molecule has 0 atom stereocenters. The van der Waals surface area contributed by atoms with Crippen LogP contribution in [0, 0.1) is 0 Å². The van der Waals surface area contributed by atoms with Gasteiger partial charge in [-0.1, -0.05) is 0 Å². The maximum absolute atomic E-state index is 10.9. The molecule has 0 bridgehead atoms. The lowest BCUT2D eigenvalue weighted by Crippen LogP contribution is -2.31. The van der Waals surface area contributed by atoms with E-state index in [-0.39, 0.29) is 6.42 Å². The molecule has 0 unspecified atom stereocenters. The predicted octanol–water partition coefficient (Wildman–Crippen LogP) is 0.267. The van der Waals surface area contributed by atoms with Crippen LogP contribution in [0.4, 0.5) is 5.82 Å². The molecule has 2 rings (SSSR count). The average molecular weight is 223 g/mol. The zero-order valence-electron chi connectivity index (χ0n) is 8.80. The molecule has 1 aliphatic heterocycles. The van der Waals surface area contributed by atoms with Gasteiger partial charge in [-0.05, 0) is 12.8 Å². The van der Waals surface area contributed by atoms with Gasteiger partial charge >= 0.3 is 5.97 Å². The summed E-state index contributed by atoms with van der Waals surface area (Å²) in [7, 11) is 0. The molecule has 1 N–H and O–H groups in total. The standard InChI is InChI=1S/C10H13N3O3/c14-7-12-4-1-5-13-10(12)8(6-11-13)2-3-9(15)16/h6-7H,1-5H2,(H,15,16). The average Bonchev–Trinajstić information content (AvgIpc) is 2.69. The molecule has 2 heterocycles. The first-order valence-corrected chi connectivity index (χ1v) is 5.21. The predicted molar refractivity (Wildman–Crippen MR) is 56.2 cm³/mol. The van der Waals surface area contributed by atoms with E-state index in [0.717, 1.165) is 30.8 Å². The number of aliphatic carboxylic acids is 1. The van der Waals surface area contributed by atoms with Crippen LogP contribution in [0.1, 0.15) is 18.4 Å². The van der Waals surface area contributed by atoms with E-state index < -0.39 is 5.97 Å². The first-order valence-electron chi connectivity index (χ1n) is 5.21. The lowest BCUT2D eigenvalue weighted by atomic mass is 10.1. The van der Waals surface area contributed by atoms with Gasteiger partial charge in [0.25, 0.3) is 0 Å². The number of amides is 1. The topological polar surface area (TPSA) is 75.4 Å². The smallest absolute Gasteiger partial charge is 0.303 e. The van der Waals surface area contributed by atoms with Crippen molar-refractivity contribution in [2.45, 2.75) is 25.8 Å². The minimum absolute atomic E-state index is 0.0609. The molecule has 0 saturated carbocycles. The van der Waals surface area contributed by atoms with E-state index in [1.165, 1.54) is 0 Å². The molecule has 0 aliphatic carbocycles. The second kappa shape index (κ2) is 4.34. The molecule has 0 aromatic carbocycles. The van der Waals surface area contributed by atoms with Gasteiger partial charge in [0.05, 0.1) is 6.20 Å². The molecule has 86 valence electrons. The Hall–Kier alpha value is -1.85. The van der Waals surface area contributed by atoms with Crippen LogP contribution in [-0.2, 0) is 22.6 Å². The second-order valence-corrected chi connectivity index (χ2v) is 3.76. The Kier molecular flexibility index (Phi) is 2.89. The van der Waals surface area contributed by atoms with E-state index in [9.17, 15) is 9.59 Å². The molecule has 1 aromatic rings. The summed E-state index contributed by atoms with van der Waals surface area (Å²) in [5.74, 6) is -0.0871. The van der Waals surface area contributed by atoms with Crippen molar-refractivity contribution in [1.29, 1.82) is 0 Å². The summed E-state index contributed by atoms with van der Waals surface area (Å²) < 4.78 is 1.76. The Morgan fingerprint density at radius 1 is 1.56 bits per heavy atom. The molecule has 0 radical (unpaired) electrons. The van der Waals surface area contributed by atoms with Crippen molar-refractivity contribution in [2.75, 3.05) is 11.4 Å². The number of hydrogen-bond donors (Lipinski definition) is 1. The van der Waals surface area contributed by atoms with Gasteiger partial charge < -0.3 is 5.11 Å². The summed E-state index contributed by atoms with van der Waals surface area (Å²) in [6.07, 6.45) is 3.78. The highest BCUT2D eigenvalue weighted by Crippen LogP contribution is 2.24. The molecule has 1 amide bonds. The van der Waals surface area contributed by atoms with Gasteiger partial charge in [-0.3, -0.25) is 14.5 Å². The molecule has 16 heavy (non-hydrogen) atoms. The van der Waals surface area contributed by atoms with Crippen molar-refractivity contribution in [1.82, 2.24) is 9.78 Å². The van der Waals surface area contributed by atoms with Crippen molar-refractivity contribution in [3.05, 3.63) is 11.8 Å². The highest BCUT2D eigenvalue weighted by molar-refractivity contribution is 5.76. The van der Waals surface area contributed by atoms with Crippen molar-refractivity contribution in [3.63, 3.8) is 0 Å². The Labute approximate surface area is 92.5 Å². The zero-order chi connectivity index (χ0) is 11.5. The Balaban J connectivity index is 2.23. The molecule has 1 aromatic heterocycles. The van der Waals surface area contributed by atoms with Gasteiger partial charge in [0.1, 0.15) is 5.82 Å². The fraction of sp³-hybridized carbons (Fsp3) is 0.500. The third kappa shape index (κ3) is 1.91. The second-order valence-electron chi connectivity index (χ2n) is 3.76. The molecular formula is C10H13N3O3. The highest BCUT2D eigenvalue weighted by atomic mass is 16.4. The van der Waals surface area contributed by atoms with Crippen molar-refractivity contribution >= 4 is 18.2 Å². The highest BCUT2D eigenvalue weighted by Gasteiger charge is 2.21. The van der Waals surface area contributed by atoms with Crippen LogP contribution < -0.4 is 4.90 Å². The number of carboxylic acids is 1. The summed E-state index contributed by atoms with van der Waals surface area (Å²) in [6.45, 7) is 1.46. The Morgan fingerprint density at radius 2 is 2.38 bits per heavy atom. The van der Waals surface area contributed by atoms with Crippen LogP contribution in [0.5, 0.6) is 0 Å². The van der Waals surface area contributed by atoms with Crippen LogP contribution in [0.15, 0.2) is 6.20 Å². The quantitative estimate of drug-likeness (QED) is 0.743. The summed E-state index contributed by atoms with van der Waals surface area (Å²) >= 11 is 0. The number of fused-ring (bicyclic) bond motifs is 1. The zero-order valence-corrected chi connectivity index (χ0v) is 8.80. The minimum atomic E-state index is -0.839. The maximum atomic E-state index is 10.9. The molecule has 6 heteroatoms. The number of aryl methyl sites for hydroxylation is 2. The van der Waals surface area contributed by atoms with Crippen molar-refractivity contribution < 1.29 is 14.7 Å². The van der Waals surface area contributed by atoms with E-state index in [1.54, 1.807) is 15.8 Å². The number of carboxylic acid groups (broad SMARTS) is 1. The lowest BCUT2D eigenvalue weighted by molar-refractivity contribution is -0.136. The third-order valence-corrected chi connectivity index (χ3v) is 2.66. The van der Waals surface area contributed by atoms with Gasteiger partial charge in [-0.25, -0.2) is 4.68 Å². The van der Waals surface area contributed by atoms with E-state index in [4.69, 9.17) is 5.11 Å². The Morgan fingerprint density at radius 3 is 3.06 bits per heavy atom. The van der Waals surface area contributed by atoms with E-state index >= 15 is 0 Å². The SMILES string of the molecule is O=CN1CCCn2ncc(CCC(=O)O)c21. The number of hydrogen-bond acceptors (Lipinski definition) is 3. The fourth-order valence-electron chi connectivity index (χ4n) is 1.93. The van der Waals surface area contributed by atoms with Crippen LogP contribution in [0.3, 0.4) is 0 Å². The molecular weight excluding hydrogens is 210 g/mol. The number of anilines is 1. The number of aromatic nitrogens is 2. The van der Waals surface area contributed by atoms with Crippen LogP contribution in [0.2, 0.25) is 0 Å². The van der Waals surface area contributed by atoms with Gasteiger partial charge in [0.2, 0.25) is 6.41 Å². The third-order valence-electron chi connectivity index (χ3n) is 2.66. The van der Waals surface area contributed by atoms with Crippen molar-refractivity contribution in [2.24, 2.45) is 0 Å². The van der Waals surface area contributed by atoms with E-state index in [1.807, 2.05) is 0 Å². The van der Waals surface area contributed by atoms with Crippen molar-refractivity contribution in [3.8, 4) is 0 Å². The van der Waals surface area contributed by atoms with Gasteiger partial charge in [-0.2, -0.15) is 5.10 Å². The Bertz CT molecular complexity index is 413. The molecule has 6 nitrogen and oxygen atoms in total. The van der Waals surface area contributed by atoms with Crippen LogP contribution in [0.25, 0.3) is 0 Å². The van der Waals surface area contributed by atoms with Crippen LogP contribution in [-0.4, -0.2) is 33.8 Å². The normalized spacial score (nSPS) is 14.6. The first-order chi connectivity index (χ1) is 7.72. The summed E-state index contributed by atoms with van der Waals surface area (Å²) in [5.41, 5.74) is 0.828. The first kappa shape index (κ1) is 10.7. The lowest BCUT2D eigenvalue weighted by Gasteiger charge is -2.25. The summed E-state index contributed by atoms with van der Waals surface area (Å²) in [6, 6.07) is 0. The maximum Gasteiger partial charge on any atom is 0.303 e. The number of carbonyl (C=O) groups is 2. The fourth-order valence-corrected chi connectivity index (χ4v) is 1.93. The largest absolute Gasteiger partial charge is 0.481 e. The van der Waals surface area contributed by atoms with Gasteiger partial charge in [-0.15, -0.1) is 0 Å². The van der Waals surface area contributed by atoms with E-state index in [0.29, 0.717) is 13.0 Å². The summed E-state index contributed by atoms with van der Waals surface area (Å²) in [5, 5.41) is 12.8. The summed E-state index contributed by atoms with van der Waals surface area (Å²) in [4.78, 5) is 23.0. The molecule has 0 spiro atoms. The minimum Gasteiger partial charge on any atom is -0.481 e. The van der Waals surface area contributed by atoms with Gasteiger partial charge in [0.15, 0.2) is 0 Å². The molecule has 0 fully saturated rings. The monoisotopic (exact) mass is 223 g/mol. The number of rotatable bonds is 4. The molecule has 0 saturated heterocycles. The number of carbonyl (C=O) groups excluding carboxylic acids is 1. The number of nitrogens with zero attached hydrogens (tertiary/aromatic N) is 3.